The average molecular weight is 349 g/mol. The predicted molar refractivity (Wildman–Crippen MR) is 94.0 cm³/mol. The van der Waals surface area contributed by atoms with E-state index < -0.39 is 5.82 Å². The molecule has 0 atom stereocenters. The average Bonchev–Trinajstić information content (AvgIpc) is 2.52. The second-order valence-corrected chi connectivity index (χ2v) is 5.91. The minimum atomic E-state index is -0.580. The number of hydrogen-bond acceptors (Lipinski definition) is 2. The van der Waals surface area contributed by atoms with Crippen LogP contribution in [-0.4, -0.2) is 18.4 Å². The van der Waals surface area contributed by atoms with E-state index in [9.17, 15) is 14.0 Å². The summed E-state index contributed by atoms with van der Waals surface area (Å²) in [4.78, 5) is 25.4. The molecule has 2 rings (SSSR count). The maximum atomic E-state index is 13.3. The van der Waals surface area contributed by atoms with Gasteiger partial charge in [-0.1, -0.05) is 23.7 Å². The fourth-order valence-corrected chi connectivity index (χ4v) is 2.43. The van der Waals surface area contributed by atoms with E-state index in [0.717, 1.165) is 17.2 Å². The number of anilines is 2. The van der Waals surface area contributed by atoms with Gasteiger partial charge in [0.05, 0.1) is 5.02 Å². The summed E-state index contributed by atoms with van der Waals surface area (Å²) in [5.74, 6) is -1.27. The molecule has 0 radical (unpaired) electrons. The number of benzene rings is 2. The molecule has 0 aliphatic carbocycles. The maximum absolute atomic E-state index is 13.3. The molecular formula is C18H18ClFN2O2. The van der Waals surface area contributed by atoms with Gasteiger partial charge in [-0.05, 0) is 49.2 Å². The molecule has 0 fully saturated rings. The number of carbonyl (C=O) groups is 2. The molecule has 0 saturated carbocycles. The minimum Gasteiger partial charge on any atom is -0.324 e. The monoisotopic (exact) mass is 348 g/mol. The van der Waals surface area contributed by atoms with Gasteiger partial charge in [-0.3, -0.25) is 9.59 Å². The first-order chi connectivity index (χ1) is 11.3. The number of carbonyl (C=O) groups excluding carboxylic acids is 2. The standard InChI is InChI=1S/C18H18ClFN2O2/c1-11-5-4-6-17(12(11)2)21-18(24)10-22(13(3)23)14-7-8-16(20)15(19)9-14/h4-9H,10H2,1-3H3,(H,21,24). The molecule has 0 heterocycles. The quantitative estimate of drug-likeness (QED) is 0.904. The van der Waals surface area contributed by atoms with E-state index in [2.05, 4.69) is 5.32 Å². The Balaban J connectivity index is 2.18. The molecule has 2 amide bonds. The molecule has 0 aliphatic heterocycles. The van der Waals surface area contributed by atoms with E-state index >= 15 is 0 Å². The lowest BCUT2D eigenvalue weighted by molar-refractivity contribution is -0.120. The highest BCUT2D eigenvalue weighted by Crippen LogP contribution is 2.23. The van der Waals surface area contributed by atoms with E-state index in [-0.39, 0.29) is 23.4 Å². The minimum absolute atomic E-state index is 0.103. The van der Waals surface area contributed by atoms with Crippen LogP contribution in [0.2, 0.25) is 5.02 Å². The van der Waals surface area contributed by atoms with Gasteiger partial charge in [-0.2, -0.15) is 0 Å². The predicted octanol–water partition coefficient (Wildman–Crippen LogP) is 4.09. The summed E-state index contributed by atoms with van der Waals surface area (Å²) in [7, 11) is 0. The van der Waals surface area contributed by atoms with Crippen LogP contribution < -0.4 is 10.2 Å². The Labute approximate surface area is 145 Å². The van der Waals surface area contributed by atoms with Gasteiger partial charge in [0, 0.05) is 18.3 Å². The number of hydrogen-bond donors (Lipinski definition) is 1. The van der Waals surface area contributed by atoms with Crippen LogP contribution in [0, 0.1) is 19.7 Å². The lowest BCUT2D eigenvalue weighted by atomic mass is 10.1. The van der Waals surface area contributed by atoms with Crippen LogP contribution in [0.1, 0.15) is 18.1 Å². The zero-order valence-corrected chi connectivity index (χ0v) is 14.4. The Bertz CT molecular complexity index is 793. The normalized spacial score (nSPS) is 10.4. The van der Waals surface area contributed by atoms with Gasteiger partial charge in [0.25, 0.3) is 0 Å². The summed E-state index contributed by atoms with van der Waals surface area (Å²) >= 11 is 5.75. The molecule has 0 bridgehead atoms. The van der Waals surface area contributed by atoms with E-state index in [1.54, 1.807) is 6.07 Å². The zero-order valence-electron chi connectivity index (χ0n) is 13.7. The van der Waals surface area contributed by atoms with Gasteiger partial charge in [-0.15, -0.1) is 0 Å². The zero-order chi connectivity index (χ0) is 17.9. The summed E-state index contributed by atoms with van der Waals surface area (Å²) in [5, 5.41) is 2.69. The fourth-order valence-electron chi connectivity index (χ4n) is 2.26. The molecule has 0 aromatic heterocycles. The molecule has 4 nitrogen and oxygen atoms in total. The van der Waals surface area contributed by atoms with E-state index in [1.807, 2.05) is 26.0 Å². The second kappa shape index (κ2) is 7.45. The molecule has 126 valence electrons. The third kappa shape index (κ3) is 4.11. The first kappa shape index (κ1) is 17.9. The lowest BCUT2D eigenvalue weighted by Gasteiger charge is -2.21. The van der Waals surface area contributed by atoms with Crippen LogP contribution in [0.25, 0.3) is 0 Å². The molecule has 0 saturated heterocycles. The summed E-state index contributed by atoms with van der Waals surface area (Å²) in [5.41, 5.74) is 3.08. The van der Waals surface area contributed by atoms with Gasteiger partial charge >= 0.3 is 0 Å². The van der Waals surface area contributed by atoms with Crippen molar-refractivity contribution in [2.45, 2.75) is 20.8 Å². The summed E-state index contributed by atoms with van der Waals surface area (Å²) in [6.07, 6.45) is 0. The third-order valence-corrected chi connectivity index (χ3v) is 4.07. The van der Waals surface area contributed by atoms with Crippen molar-refractivity contribution in [1.82, 2.24) is 0 Å². The van der Waals surface area contributed by atoms with Gasteiger partial charge in [0.1, 0.15) is 12.4 Å². The molecule has 2 aromatic rings. The van der Waals surface area contributed by atoms with Crippen molar-refractivity contribution in [2.75, 3.05) is 16.8 Å². The van der Waals surface area contributed by atoms with Crippen molar-refractivity contribution >= 4 is 34.8 Å². The van der Waals surface area contributed by atoms with Crippen molar-refractivity contribution in [3.8, 4) is 0 Å². The highest BCUT2D eigenvalue weighted by Gasteiger charge is 2.17. The van der Waals surface area contributed by atoms with Crippen LogP contribution in [0.5, 0.6) is 0 Å². The molecule has 24 heavy (non-hydrogen) atoms. The van der Waals surface area contributed by atoms with Crippen LogP contribution in [0.3, 0.4) is 0 Å². The Morgan fingerprint density at radius 1 is 1.21 bits per heavy atom. The Morgan fingerprint density at radius 2 is 1.92 bits per heavy atom. The van der Waals surface area contributed by atoms with Crippen molar-refractivity contribution < 1.29 is 14.0 Å². The third-order valence-electron chi connectivity index (χ3n) is 3.78. The maximum Gasteiger partial charge on any atom is 0.244 e. The fraction of sp³-hybridized carbons (Fsp3) is 0.222. The van der Waals surface area contributed by atoms with E-state index in [1.165, 1.54) is 24.0 Å². The largest absolute Gasteiger partial charge is 0.324 e. The molecule has 0 unspecified atom stereocenters. The Kier molecular flexibility index (Phi) is 5.57. The number of amides is 2. The summed E-state index contributed by atoms with van der Waals surface area (Å²) in [6, 6.07) is 9.49. The second-order valence-electron chi connectivity index (χ2n) is 5.50. The lowest BCUT2D eigenvalue weighted by Crippen LogP contribution is -2.36. The molecule has 6 heteroatoms. The van der Waals surface area contributed by atoms with E-state index in [0.29, 0.717) is 11.4 Å². The van der Waals surface area contributed by atoms with Crippen LogP contribution >= 0.6 is 11.6 Å². The molecule has 1 N–H and O–H groups in total. The van der Waals surface area contributed by atoms with Gasteiger partial charge < -0.3 is 10.2 Å². The summed E-state index contributed by atoms with van der Waals surface area (Å²) < 4.78 is 13.3. The van der Waals surface area contributed by atoms with Crippen molar-refractivity contribution in [2.24, 2.45) is 0 Å². The molecule has 0 aliphatic rings. The van der Waals surface area contributed by atoms with Crippen molar-refractivity contribution in [3.05, 3.63) is 58.4 Å². The highest BCUT2D eigenvalue weighted by molar-refractivity contribution is 6.31. The van der Waals surface area contributed by atoms with Crippen molar-refractivity contribution in [1.29, 1.82) is 0 Å². The number of aryl methyl sites for hydroxylation is 1. The first-order valence-corrected chi connectivity index (χ1v) is 7.76. The Morgan fingerprint density at radius 3 is 2.54 bits per heavy atom. The number of halogens is 2. The molecular weight excluding hydrogens is 331 g/mol. The SMILES string of the molecule is CC(=O)N(CC(=O)Nc1cccc(C)c1C)c1ccc(F)c(Cl)c1. The first-order valence-electron chi connectivity index (χ1n) is 7.39. The number of rotatable bonds is 4. The summed E-state index contributed by atoms with van der Waals surface area (Å²) in [6.45, 7) is 5.01. The van der Waals surface area contributed by atoms with E-state index in [4.69, 9.17) is 11.6 Å². The highest BCUT2D eigenvalue weighted by atomic mass is 35.5. The number of nitrogens with zero attached hydrogens (tertiary/aromatic N) is 1. The van der Waals surface area contributed by atoms with Crippen LogP contribution in [0.4, 0.5) is 15.8 Å². The topological polar surface area (TPSA) is 49.4 Å². The van der Waals surface area contributed by atoms with Gasteiger partial charge in [0.15, 0.2) is 0 Å². The van der Waals surface area contributed by atoms with Crippen molar-refractivity contribution in [3.63, 3.8) is 0 Å². The van der Waals surface area contributed by atoms with Gasteiger partial charge in [-0.25, -0.2) is 4.39 Å². The molecule has 0 spiro atoms. The number of nitrogens with one attached hydrogen (secondary N) is 1. The Hall–Kier alpha value is -2.40. The van der Waals surface area contributed by atoms with Crippen LogP contribution in [0.15, 0.2) is 36.4 Å². The van der Waals surface area contributed by atoms with Gasteiger partial charge in [0.2, 0.25) is 11.8 Å². The van der Waals surface area contributed by atoms with Crippen LogP contribution in [-0.2, 0) is 9.59 Å². The smallest absolute Gasteiger partial charge is 0.244 e. The molecule has 2 aromatic carbocycles.